The van der Waals surface area contributed by atoms with Gasteiger partial charge in [0.2, 0.25) is 0 Å². The molecular formula is C30H33FN2O2. The molecule has 0 atom stereocenters. The van der Waals surface area contributed by atoms with Crippen LogP contribution in [0.4, 0.5) is 4.39 Å². The lowest BCUT2D eigenvalue weighted by Gasteiger charge is -2.38. The molecule has 4 nitrogen and oxygen atoms in total. The monoisotopic (exact) mass is 472 g/mol. The van der Waals surface area contributed by atoms with E-state index in [1.54, 1.807) is 6.07 Å². The van der Waals surface area contributed by atoms with E-state index in [0.29, 0.717) is 24.2 Å². The number of halogens is 1. The molecule has 35 heavy (non-hydrogen) atoms. The highest BCUT2D eigenvalue weighted by molar-refractivity contribution is 5.94. The Hall–Kier alpha value is -3.18. The molecule has 1 amide bonds. The minimum absolute atomic E-state index is 0.0999. The summed E-state index contributed by atoms with van der Waals surface area (Å²) in [6.45, 7) is 2.55. The lowest BCUT2D eigenvalue weighted by atomic mass is 9.91. The number of hydrogen-bond acceptors (Lipinski definition) is 3. The number of carbonyl (C=O) groups excluding carboxylic acids is 1. The quantitative estimate of drug-likeness (QED) is 0.441. The summed E-state index contributed by atoms with van der Waals surface area (Å²) < 4.78 is 20.8. The highest BCUT2D eigenvalue weighted by atomic mass is 19.1. The first kappa shape index (κ1) is 23.6. The summed E-state index contributed by atoms with van der Waals surface area (Å²) in [5.74, 6) is 0.480. The average Bonchev–Trinajstić information content (AvgIpc) is 3.75. The van der Waals surface area contributed by atoms with E-state index in [2.05, 4.69) is 70.9 Å². The Morgan fingerprint density at radius 2 is 1.57 bits per heavy atom. The number of benzene rings is 3. The molecule has 5 rings (SSSR count). The van der Waals surface area contributed by atoms with Crippen LogP contribution >= 0.6 is 0 Å². The maximum Gasteiger partial charge on any atom is 0.254 e. The van der Waals surface area contributed by atoms with E-state index in [0.717, 1.165) is 44.3 Å². The lowest BCUT2D eigenvalue weighted by Crippen LogP contribution is -2.38. The summed E-state index contributed by atoms with van der Waals surface area (Å²) in [7, 11) is 1.52. The zero-order valence-corrected chi connectivity index (χ0v) is 20.3. The van der Waals surface area contributed by atoms with E-state index < -0.39 is 11.7 Å². The molecule has 182 valence electrons. The van der Waals surface area contributed by atoms with Crippen LogP contribution in [0.3, 0.4) is 0 Å². The predicted molar refractivity (Wildman–Crippen MR) is 136 cm³/mol. The Bertz CT molecular complexity index is 1100. The fraction of sp³-hybridized carbons (Fsp3) is 0.367. The molecule has 2 aliphatic rings. The van der Waals surface area contributed by atoms with Crippen LogP contribution in [-0.2, 0) is 0 Å². The van der Waals surface area contributed by atoms with E-state index in [1.165, 1.54) is 24.2 Å². The molecular weight excluding hydrogens is 439 g/mol. The summed E-state index contributed by atoms with van der Waals surface area (Å²) in [5, 5.41) is 2.52. The first-order valence-corrected chi connectivity index (χ1v) is 12.7. The maximum absolute atomic E-state index is 14.6. The van der Waals surface area contributed by atoms with Crippen LogP contribution in [0.2, 0.25) is 0 Å². The normalized spacial score (nSPS) is 16.9. The number of ether oxygens (including phenoxy) is 1. The molecule has 5 heteroatoms. The van der Waals surface area contributed by atoms with E-state index in [4.69, 9.17) is 4.74 Å². The SMILES string of the molecule is CNC(=O)c1cc(C2CC2)c(OCC2CCN(C(c3ccccc3)c3ccccc3)CC2)cc1F. The van der Waals surface area contributed by atoms with Gasteiger partial charge >= 0.3 is 0 Å². The van der Waals surface area contributed by atoms with Crippen molar-refractivity contribution in [1.82, 2.24) is 10.2 Å². The van der Waals surface area contributed by atoms with Gasteiger partial charge in [-0.25, -0.2) is 4.39 Å². The molecule has 2 fully saturated rings. The molecule has 3 aromatic carbocycles. The minimum Gasteiger partial charge on any atom is -0.493 e. The van der Waals surface area contributed by atoms with Gasteiger partial charge in [-0.1, -0.05) is 60.7 Å². The number of nitrogens with zero attached hydrogens (tertiary/aromatic N) is 1. The van der Waals surface area contributed by atoms with Crippen molar-refractivity contribution in [2.75, 3.05) is 26.7 Å². The summed E-state index contributed by atoms with van der Waals surface area (Å²) in [4.78, 5) is 14.6. The number of likely N-dealkylation sites (tertiary alicyclic amines) is 1. The van der Waals surface area contributed by atoms with Gasteiger partial charge in [0.1, 0.15) is 11.6 Å². The second kappa shape index (κ2) is 10.6. The van der Waals surface area contributed by atoms with Crippen molar-refractivity contribution in [3.63, 3.8) is 0 Å². The lowest BCUT2D eigenvalue weighted by molar-refractivity contribution is 0.0958. The fourth-order valence-corrected chi connectivity index (χ4v) is 5.19. The van der Waals surface area contributed by atoms with Crippen molar-refractivity contribution >= 4 is 5.91 Å². The van der Waals surface area contributed by atoms with Crippen molar-refractivity contribution in [3.05, 3.63) is 101 Å². The topological polar surface area (TPSA) is 41.6 Å². The van der Waals surface area contributed by atoms with Gasteiger partial charge in [-0.15, -0.1) is 0 Å². The molecule has 1 saturated heterocycles. The number of rotatable bonds is 8. The predicted octanol–water partition coefficient (Wildman–Crippen LogP) is 5.94. The van der Waals surface area contributed by atoms with Crippen molar-refractivity contribution < 1.29 is 13.9 Å². The molecule has 1 N–H and O–H groups in total. The van der Waals surface area contributed by atoms with Crippen molar-refractivity contribution in [2.45, 2.75) is 37.6 Å². The van der Waals surface area contributed by atoms with Crippen molar-refractivity contribution in [2.24, 2.45) is 5.92 Å². The van der Waals surface area contributed by atoms with Crippen LogP contribution < -0.4 is 10.1 Å². The number of piperidine rings is 1. The van der Waals surface area contributed by atoms with Crippen LogP contribution in [0.15, 0.2) is 72.8 Å². The molecule has 1 aliphatic carbocycles. The summed E-state index contributed by atoms with van der Waals surface area (Å²) in [5.41, 5.74) is 3.70. The van der Waals surface area contributed by atoms with Crippen LogP contribution in [0.5, 0.6) is 5.75 Å². The van der Waals surface area contributed by atoms with Gasteiger partial charge in [0.25, 0.3) is 5.91 Å². The van der Waals surface area contributed by atoms with Gasteiger partial charge < -0.3 is 10.1 Å². The number of carbonyl (C=O) groups is 1. The molecule has 1 aliphatic heterocycles. The summed E-state index contributed by atoms with van der Waals surface area (Å²) >= 11 is 0. The van der Waals surface area contributed by atoms with Crippen LogP contribution in [-0.4, -0.2) is 37.6 Å². The van der Waals surface area contributed by atoms with Crippen molar-refractivity contribution in [1.29, 1.82) is 0 Å². The highest BCUT2D eigenvalue weighted by Gasteiger charge is 2.31. The third kappa shape index (κ3) is 5.40. The summed E-state index contributed by atoms with van der Waals surface area (Å²) in [6, 6.07) is 24.8. The fourth-order valence-electron chi connectivity index (χ4n) is 5.19. The Kier molecular flexibility index (Phi) is 7.14. The number of hydrogen-bond donors (Lipinski definition) is 1. The van der Waals surface area contributed by atoms with Crippen LogP contribution in [0, 0.1) is 11.7 Å². The third-order valence-electron chi connectivity index (χ3n) is 7.31. The summed E-state index contributed by atoms with van der Waals surface area (Å²) in [6.07, 6.45) is 4.20. The van der Waals surface area contributed by atoms with E-state index >= 15 is 0 Å². The van der Waals surface area contributed by atoms with Gasteiger partial charge in [0, 0.05) is 13.1 Å². The minimum atomic E-state index is -0.521. The second-order valence-electron chi connectivity index (χ2n) is 9.74. The van der Waals surface area contributed by atoms with Gasteiger partial charge in [0.05, 0.1) is 18.2 Å². The van der Waals surface area contributed by atoms with E-state index in [1.807, 2.05) is 0 Å². The Labute approximate surface area is 207 Å². The Morgan fingerprint density at radius 3 is 2.11 bits per heavy atom. The molecule has 0 aromatic heterocycles. The largest absolute Gasteiger partial charge is 0.493 e. The molecule has 0 radical (unpaired) electrons. The molecule has 3 aromatic rings. The van der Waals surface area contributed by atoms with Gasteiger partial charge in [-0.3, -0.25) is 9.69 Å². The molecule has 0 unspecified atom stereocenters. The number of amides is 1. The second-order valence-corrected chi connectivity index (χ2v) is 9.74. The standard InChI is InChI=1S/C30H33FN2O2/c1-32-30(34)26-18-25(22-12-13-22)28(19-27(26)31)35-20-21-14-16-33(17-15-21)29(23-8-4-2-5-9-23)24-10-6-3-7-11-24/h2-11,18-19,21-22,29H,12-17,20H2,1H3,(H,32,34). The molecule has 1 heterocycles. The van der Waals surface area contributed by atoms with Gasteiger partial charge in [-0.05, 0) is 73.4 Å². The van der Waals surface area contributed by atoms with E-state index in [-0.39, 0.29) is 11.6 Å². The zero-order valence-electron chi connectivity index (χ0n) is 20.3. The van der Waals surface area contributed by atoms with Gasteiger partial charge in [-0.2, -0.15) is 0 Å². The first-order valence-electron chi connectivity index (χ1n) is 12.7. The van der Waals surface area contributed by atoms with Gasteiger partial charge in [0.15, 0.2) is 0 Å². The first-order chi connectivity index (χ1) is 17.1. The van der Waals surface area contributed by atoms with Crippen LogP contribution in [0.1, 0.15) is 64.7 Å². The smallest absolute Gasteiger partial charge is 0.254 e. The Balaban J connectivity index is 1.25. The van der Waals surface area contributed by atoms with Crippen LogP contribution in [0.25, 0.3) is 0 Å². The third-order valence-corrected chi connectivity index (χ3v) is 7.31. The molecule has 0 spiro atoms. The highest BCUT2D eigenvalue weighted by Crippen LogP contribution is 2.45. The zero-order chi connectivity index (χ0) is 24.2. The Morgan fingerprint density at radius 1 is 0.971 bits per heavy atom. The maximum atomic E-state index is 14.6. The molecule has 1 saturated carbocycles. The average molecular weight is 473 g/mol. The molecule has 0 bridgehead atoms. The number of nitrogens with one attached hydrogen (secondary N) is 1. The van der Waals surface area contributed by atoms with E-state index in [9.17, 15) is 9.18 Å². The van der Waals surface area contributed by atoms with Crippen molar-refractivity contribution in [3.8, 4) is 5.75 Å².